The lowest BCUT2D eigenvalue weighted by Gasteiger charge is -2.36. The molecule has 10 nitrogen and oxygen atoms in total. The fraction of sp³-hybridized carbons (Fsp3) is 0.379. The maximum Gasteiger partial charge on any atom is 0.254 e. The van der Waals surface area contributed by atoms with Crippen LogP contribution in [0.4, 0.5) is 5.82 Å². The number of methoxy groups -OCH3 is 3. The van der Waals surface area contributed by atoms with E-state index in [-0.39, 0.29) is 18.4 Å². The summed E-state index contributed by atoms with van der Waals surface area (Å²) in [4.78, 5) is 31.7. The molecule has 39 heavy (non-hydrogen) atoms. The van der Waals surface area contributed by atoms with Crippen LogP contribution in [-0.4, -0.2) is 99.0 Å². The van der Waals surface area contributed by atoms with Crippen LogP contribution < -0.4 is 14.4 Å². The van der Waals surface area contributed by atoms with E-state index in [4.69, 9.17) is 14.2 Å². The maximum absolute atomic E-state index is 13.1. The topological polar surface area (TPSA) is 97.3 Å². The van der Waals surface area contributed by atoms with Gasteiger partial charge in [0, 0.05) is 57.0 Å². The summed E-state index contributed by atoms with van der Waals surface area (Å²) < 4.78 is 15.9. The highest BCUT2D eigenvalue weighted by Gasteiger charge is 2.26. The molecule has 0 unspecified atom stereocenters. The van der Waals surface area contributed by atoms with Gasteiger partial charge in [-0.25, -0.2) is 0 Å². The Morgan fingerprint density at radius 1 is 0.897 bits per heavy atom. The Bertz CT molecular complexity index is 1260. The number of hydrogen-bond donors (Lipinski definition) is 0. The Kier molecular flexibility index (Phi) is 9.32. The normalized spacial score (nSPS) is 13.2. The van der Waals surface area contributed by atoms with Crippen molar-refractivity contribution in [2.45, 2.75) is 6.92 Å². The van der Waals surface area contributed by atoms with E-state index in [2.05, 4.69) is 15.1 Å². The van der Waals surface area contributed by atoms with Crippen molar-refractivity contribution in [1.29, 1.82) is 0 Å². The average molecular weight is 534 g/mol. The minimum Gasteiger partial charge on any atom is -0.497 e. The van der Waals surface area contributed by atoms with Crippen LogP contribution in [-0.2, 0) is 9.53 Å². The number of aromatic nitrogens is 2. The van der Waals surface area contributed by atoms with Crippen molar-refractivity contribution in [3.05, 3.63) is 65.7 Å². The third-order valence-electron chi connectivity index (χ3n) is 6.77. The van der Waals surface area contributed by atoms with Crippen LogP contribution in [0.2, 0.25) is 0 Å². The van der Waals surface area contributed by atoms with Crippen LogP contribution in [0.15, 0.2) is 54.6 Å². The van der Waals surface area contributed by atoms with Crippen molar-refractivity contribution >= 4 is 17.6 Å². The number of benzene rings is 2. The van der Waals surface area contributed by atoms with Crippen LogP contribution in [0.5, 0.6) is 11.5 Å². The van der Waals surface area contributed by atoms with Gasteiger partial charge in [-0.2, -0.15) is 0 Å². The molecule has 206 valence electrons. The third-order valence-corrected chi connectivity index (χ3v) is 6.77. The van der Waals surface area contributed by atoms with Gasteiger partial charge in [0.15, 0.2) is 5.82 Å². The van der Waals surface area contributed by atoms with E-state index in [9.17, 15) is 9.59 Å². The molecule has 0 radical (unpaired) electrons. The zero-order valence-corrected chi connectivity index (χ0v) is 22.9. The molecule has 1 aliphatic heterocycles. The van der Waals surface area contributed by atoms with Gasteiger partial charge in [0.2, 0.25) is 5.91 Å². The summed E-state index contributed by atoms with van der Waals surface area (Å²) in [5.41, 5.74) is 3.15. The number of piperazine rings is 1. The molecule has 0 atom stereocenters. The van der Waals surface area contributed by atoms with Crippen molar-refractivity contribution in [2.75, 3.05) is 72.1 Å². The number of ether oxygens (including phenoxy) is 3. The molecule has 1 aliphatic rings. The maximum atomic E-state index is 13.1. The first-order valence-corrected chi connectivity index (χ1v) is 12.9. The standard InChI is InChI=1S/C29H35N5O5/c1-21-5-7-22(8-6-21)29(36)34(17-18-37-2)20-28(35)33-15-13-32(14-16-33)27-12-11-25(30-31-27)24-10-9-23(38-3)19-26(24)39-4/h5-12,19H,13-18,20H2,1-4H3. The lowest BCUT2D eigenvalue weighted by atomic mass is 10.1. The summed E-state index contributed by atoms with van der Waals surface area (Å²) in [6.45, 7) is 4.99. The summed E-state index contributed by atoms with van der Waals surface area (Å²) >= 11 is 0. The Morgan fingerprint density at radius 3 is 2.26 bits per heavy atom. The molecule has 1 saturated heterocycles. The SMILES string of the molecule is COCCN(CC(=O)N1CCN(c2ccc(-c3ccc(OC)cc3OC)nn2)CC1)C(=O)c1ccc(C)cc1. The van der Waals surface area contributed by atoms with Gasteiger partial charge >= 0.3 is 0 Å². The molecule has 0 N–H and O–H groups in total. The molecule has 0 saturated carbocycles. The highest BCUT2D eigenvalue weighted by molar-refractivity contribution is 5.96. The van der Waals surface area contributed by atoms with Gasteiger partial charge in [-0.1, -0.05) is 17.7 Å². The molecule has 2 aromatic carbocycles. The number of rotatable bonds is 10. The van der Waals surface area contributed by atoms with Crippen molar-refractivity contribution in [1.82, 2.24) is 20.0 Å². The van der Waals surface area contributed by atoms with E-state index in [0.717, 1.165) is 16.9 Å². The van der Waals surface area contributed by atoms with Crippen LogP contribution in [0.25, 0.3) is 11.3 Å². The smallest absolute Gasteiger partial charge is 0.254 e. The van der Waals surface area contributed by atoms with E-state index in [0.29, 0.717) is 62.1 Å². The Morgan fingerprint density at radius 2 is 1.64 bits per heavy atom. The van der Waals surface area contributed by atoms with Gasteiger partial charge < -0.3 is 28.9 Å². The Balaban J connectivity index is 1.36. The van der Waals surface area contributed by atoms with E-state index in [1.165, 1.54) is 0 Å². The first kappa shape index (κ1) is 27.8. The summed E-state index contributed by atoms with van der Waals surface area (Å²) in [6, 6.07) is 16.8. The number of amides is 2. The summed E-state index contributed by atoms with van der Waals surface area (Å²) in [5.74, 6) is 1.84. The second-order valence-electron chi connectivity index (χ2n) is 9.30. The van der Waals surface area contributed by atoms with Gasteiger partial charge in [0.05, 0.1) is 26.5 Å². The van der Waals surface area contributed by atoms with Crippen LogP contribution in [0.3, 0.4) is 0 Å². The predicted octanol–water partition coefficient (Wildman–Crippen LogP) is 2.91. The minimum atomic E-state index is -0.178. The number of anilines is 1. The molecule has 0 aliphatic carbocycles. The fourth-order valence-electron chi connectivity index (χ4n) is 4.43. The minimum absolute atomic E-state index is 0.00820. The first-order valence-electron chi connectivity index (χ1n) is 12.9. The third kappa shape index (κ3) is 6.83. The number of carbonyl (C=O) groups is 2. The first-order chi connectivity index (χ1) is 18.9. The molecular formula is C29H35N5O5. The lowest BCUT2D eigenvalue weighted by molar-refractivity contribution is -0.132. The second kappa shape index (κ2) is 13.1. The summed E-state index contributed by atoms with van der Waals surface area (Å²) in [7, 11) is 4.80. The summed E-state index contributed by atoms with van der Waals surface area (Å²) in [5, 5.41) is 8.85. The Hall–Kier alpha value is -4.18. The molecule has 3 aromatic rings. The van der Waals surface area contributed by atoms with Gasteiger partial charge in [0.25, 0.3) is 5.91 Å². The van der Waals surface area contributed by atoms with Crippen molar-refractivity contribution in [3.63, 3.8) is 0 Å². The summed E-state index contributed by atoms with van der Waals surface area (Å²) in [6.07, 6.45) is 0. The van der Waals surface area contributed by atoms with Gasteiger partial charge in [0.1, 0.15) is 18.0 Å². The number of nitrogens with zero attached hydrogens (tertiary/aromatic N) is 5. The zero-order valence-electron chi connectivity index (χ0n) is 22.9. The number of aryl methyl sites for hydroxylation is 1. The fourth-order valence-corrected chi connectivity index (χ4v) is 4.43. The van der Waals surface area contributed by atoms with Gasteiger partial charge in [-0.05, 0) is 43.3 Å². The van der Waals surface area contributed by atoms with Gasteiger partial charge in [-0.3, -0.25) is 9.59 Å². The average Bonchev–Trinajstić information content (AvgIpc) is 2.99. The van der Waals surface area contributed by atoms with Crippen molar-refractivity contribution in [2.24, 2.45) is 0 Å². The zero-order chi connectivity index (χ0) is 27.8. The van der Waals surface area contributed by atoms with Crippen LogP contribution >= 0.6 is 0 Å². The van der Waals surface area contributed by atoms with E-state index < -0.39 is 0 Å². The Labute approximate surface area is 229 Å². The number of carbonyl (C=O) groups excluding carboxylic acids is 2. The molecule has 10 heteroatoms. The van der Waals surface area contributed by atoms with Crippen LogP contribution in [0, 0.1) is 6.92 Å². The molecule has 2 amide bonds. The van der Waals surface area contributed by atoms with Crippen molar-refractivity contribution < 1.29 is 23.8 Å². The molecule has 2 heterocycles. The molecular weight excluding hydrogens is 498 g/mol. The molecule has 4 rings (SSSR count). The number of hydrogen-bond acceptors (Lipinski definition) is 8. The molecule has 1 aromatic heterocycles. The lowest BCUT2D eigenvalue weighted by Crippen LogP contribution is -2.52. The largest absolute Gasteiger partial charge is 0.497 e. The molecule has 0 bridgehead atoms. The van der Waals surface area contributed by atoms with Crippen molar-refractivity contribution in [3.8, 4) is 22.8 Å². The van der Waals surface area contributed by atoms with Gasteiger partial charge in [-0.15, -0.1) is 10.2 Å². The quantitative estimate of drug-likeness (QED) is 0.393. The van der Waals surface area contributed by atoms with Crippen LogP contribution in [0.1, 0.15) is 15.9 Å². The predicted molar refractivity (Wildman–Crippen MR) is 148 cm³/mol. The van der Waals surface area contributed by atoms with E-state index >= 15 is 0 Å². The second-order valence-corrected chi connectivity index (χ2v) is 9.30. The van der Waals surface area contributed by atoms with E-state index in [1.807, 2.05) is 49.4 Å². The van der Waals surface area contributed by atoms with E-state index in [1.54, 1.807) is 43.3 Å². The monoisotopic (exact) mass is 533 g/mol. The molecule has 1 fully saturated rings. The highest BCUT2D eigenvalue weighted by atomic mass is 16.5. The molecule has 0 spiro atoms. The highest BCUT2D eigenvalue weighted by Crippen LogP contribution is 2.32.